The minimum atomic E-state index is -1.70. The van der Waals surface area contributed by atoms with Crippen LogP contribution in [-0.2, 0) is 4.74 Å². The van der Waals surface area contributed by atoms with Gasteiger partial charge in [-0.15, -0.1) is 0 Å². The predicted molar refractivity (Wildman–Crippen MR) is 75.0 cm³/mol. The minimum Gasteiger partial charge on any atom is -0.493 e. The molecule has 3 heterocycles. The van der Waals surface area contributed by atoms with Crippen LogP contribution in [0.4, 0.5) is 5.95 Å². The lowest BCUT2D eigenvalue weighted by Gasteiger charge is -2.24. The normalized spacial score (nSPS) is 28.3. The highest BCUT2D eigenvalue weighted by Crippen LogP contribution is 2.47. The van der Waals surface area contributed by atoms with Crippen LogP contribution in [0.1, 0.15) is 6.23 Å². The van der Waals surface area contributed by atoms with Crippen LogP contribution >= 0.6 is 23.2 Å². The number of ether oxygens (including phenoxy) is 1. The summed E-state index contributed by atoms with van der Waals surface area (Å²) in [7, 11) is 0. The van der Waals surface area contributed by atoms with Gasteiger partial charge in [-0.05, 0) is 6.07 Å². The van der Waals surface area contributed by atoms with Crippen LogP contribution in [0.3, 0.4) is 0 Å². The maximum absolute atomic E-state index is 10.00. The van der Waals surface area contributed by atoms with Crippen molar-refractivity contribution in [1.29, 1.82) is 0 Å². The number of aliphatic hydroxyl groups is 2. The molecule has 21 heavy (non-hydrogen) atoms. The maximum atomic E-state index is 10.00. The van der Waals surface area contributed by atoms with E-state index >= 15 is 0 Å². The number of aromatic hydroxyl groups is 1. The first kappa shape index (κ1) is 14.6. The van der Waals surface area contributed by atoms with E-state index in [0.717, 1.165) is 0 Å². The Bertz CT molecular complexity index is 692. The molecule has 0 bridgehead atoms. The van der Waals surface area contributed by atoms with Gasteiger partial charge in [-0.1, -0.05) is 23.2 Å². The van der Waals surface area contributed by atoms with Gasteiger partial charge < -0.3 is 30.4 Å². The molecule has 0 aromatic carbocycles. The van der Waals surface area contributed by atoms with E-state index in [0.29, 0.717) is 5.39 Å². The average molecular weight is 335 g/mol. The number of aliphatic hydroxyl groups excluding tert-OH is 2. The van der Waals surface area contributed by atoms with Gasteiger partial charge in [0.2, 0.25) is 11.8 Å². The summed E-state index contributed by atoms with van der Waals surface area (Å²) < 4.78 is 5.21. The highest BCUT2D eigenvalue weighted by Gasteiger charge is 2.55. The standard InChI is InChI=1S/C11H12Cl2N4O4/c12-11(13)6(19)5(3-18)21-9(11)17-2-1-4-7(17)15-10(14)16-8(4)20/h1-2,5-6,9,18-19H,3H2,(H3,14,15,16,20)/t5-,6+,9-/m1/s1. The first-order chi connectivity index (χ1) is 9.86. The van der Waals surface area contributed by atoms with Crippen LogP contribution in [0.15, 0.2) is 12.3 Å². The minimum absolute atomic E-state index is 0.132. The number of rotatable bonds is 2. The summed E-state index contributed by atoms with van der Waals surface area (Å²) in [6.07, 6.45) is -1.72. The number of aromatic nitrogens is 3. The summed E-state index contributed by atoms with van der Waals surface area (Å²) in [5.74, 6) is -0.421. The number of anilines is 1. The second-order valence-corrected chi connectivity index (χ2v) is 6.14. The lowest BCUT2D eigenvalue weighted by atomic mass is 10.2. The Morgan fingerprint density at radius 2 is 2.14 bits per heavy atom. The predicted octanol–water partition coefficient (Wildman–Crippen LogP) is 0.144. The number of nitrogen functional groups attached to an aromatic ring is 1. The first-order valence-electron chi connectivity index (χ1n) is 6.01. The summed E-state index contributed by atoms with van der Waals surface area (Å²) in [6, 6.07) is 1.54. The molecule has 1 aliphatic heterocycles. The molecule has 0 radical (unpaired) electrons. The molecule has 1 saturated heterocycles. The lowest BCUT2D eigenvalue weighted by molar-refractivity contribution is -0.0432. The van der Waals surface area contributed by atoms with Gasteiger partial charge in [0.1, 0.15) is 12.2 Å². The van der Waals surface area contributed by atoms with Gasteiger partial charge in [-0.2, -0.15) is 9.97 Å². The molecule has 0 aliphatic carbocycles. The van der Waals surface area contributed by atoms with Crippen molar-refractivity contribution in [2.45, 2.75) is 22.8 Å². The summed E-state index contributed by atoms with van der Waals surface area (Å²) >= 11 is 12.3. The van der Waals surface area contributed by atoms with Crippen molar-refractivity contribution in [2.24, 2.45) is 0 Å². The Kier molecular flexibility index (Phi) is 3.38. The van der Waals surface area contributed by atoms with Gasteiger partial charge in [-0.25, -0.2) is 0 Å². The molecule has 0 unspecified atom stereocenters. The third-order valence-electron chi connectivity index (χ3n) is 3.38. The van der Waals surface area contributed by atoms with Gasteiger partial charge in [0, 0.05) is 6.20 Å². The monoisotopic (exact) mass is 334 g/mol. The molecule has 1 fully saturated rings. The summed E-state index contributed by atoms with van der Waals surface area (Å²) in [5.41, 5.74) is 5.76. The van der Waals surface area contributed by atoms with Crippen molar-refractivity contribution >= 4 is 40.2 Å². The van der Waals surface area contributed by atoms with E-state index in [1.165, 1.54) is 16.8 Å². The lowest BCUT2D eigenvalue weighted by Crippen LogP contribution is -2.37. The SMILES string of the molecule is Nc1nc(O)c2ccn([C@@H]3O[C@H](CO)[C@H](O)C3(Cl)Cl)c2n1. The number of halogens is 2. The Labute approximate surface area is 128 Å². The topological polar surface area (TPSA) is 127 Å². The Hall–Kier alpha value is -1.32. The molecule has 5 N–H and O–H groups in total. The Balaban J connectivity index is 2.13. The van der Waals surface area contributed by atoms with E-state index in [4.69, 9.17) is 33.7 Å². The highest BCUT2D eigenvalue weighted by molar-refractivity contribution is 6.49. The summed E-state index contributed by atoms with van der Waals surface area (Å²) in [6.45, 7) is -0.444. The second kappa shape index (κ2) is 4.85. The largest absolute Gasteiger partial charge is 0.493 e. The molecule has 10 heteroatoms. The summed E-state index contributed by atoms with van der Waals surface area (Å²) in [4.78, 5) is 7.65. The summed E-state index contributed by atoms with van der Waals surface area (Å²) in [5, 5.41) is 29.3. The number of hydrogen-bond donors (Lipinski definition) is 4. The van der Waals surface area contributed by atoms with E-state index in [1.807, 2.05) is 0 Å². The number of alkyl halides is 2. The molecule has 8 nitrogen and oxygen atoms in total. The number of nitrogens with zero attached hydrogens (tertiary/aromatic N) is 3. The van der Waals surface area contributed by atoms with E-state index in [2.05, 4.69) is 9.97 Å². The van der Waals surface area contributed by atoms with Crippen LogP contribution in [-0.4, -0.2) is 53.0 Å². The maximum Gasteiger partial charge on any atom is 0.225 e. The van der Waals surface area contributed by atoms with Crippen LogP contribution in [0.25, 0.3) is 11.0 Å². The third kappa shape index (κ3) is 2.11. The van der Waals surface area contributed by atoms with E-state index < -0.39 is 29.4 Å². The van der Waals surface area contributed by atoms with Gasteiger partial charge in [-0.3, -0.25) is 0 Å². The Morgan fingerprint density at radius 1 is 1.43 bits per heavy atom. The van der Waals surface area contributed by atoms with E-state index in [-0.39, 0.29) is 17.5 Å². The third-order valence-corrected chi connectivity index (χ3v) is 4.20. The molecular formula is C11H12Cl2N4O4. The zero-order chi connectivity index (χ0) is 15.4. The number of fused-ring (bicyclic) bond motifs is 1. The second-order valence-electron chi connectivity index (χ2n) is 4.69. The molecule has 0 saturated carbocycles. The van der Waals surface area contributed by atoms with Gasteiger partial charge in [0.15, 0.2) is 16.2 Å². The van der Waals surface area contributed by atoms with Crippen LogP contribution in [0, 0.1) is 0 Å². The van der Waals surface area contributed by atoms with Crippen LogP contribution in [0.5, 0.6) is 5.88 Å². The molecule has 1 aliphatic rings. The fourth-order valence-electron chi connectivity index (χ4n) is 2.34. The fraction of sp³-hybridized carbons (Fsp3) is 0.455. The molecule has 0 spiro atoms. The molecule has 2 aromatic rings. The zero-order valence-corrected chi connectivity index (χ0v) is 12.0. The molecule has 0 amide bonds. The van der Waals surface area contributed by atoms with Crippen molar-refractivity contribution in [1.82, 2.24) is 14.5 Å². The van der Waals surface area contributed by atoms with Crippen molar-refractivity contribution in [3.05, 3.63) is 12.3 Å². The van der Waals surface area contributed by atoms with Gasteiger partial charge >= 0.3 is 0 Å². The van der Waals surface area contributed by atoms with E-state index in [1.54, 1.807) is 0 Å². The molecule has 114 valence electrons. The van der Waals surface area contributed by atoms with E-state index in [9.17, 15) is 15.3 Å². The smallest absolute Gasteiger partial charge is 0.225 e. The van der Waals surface area contributed by atoms with Gasteiger partial charge in [0.05, 0.1) is 12.0 Å². The van der Waals surface area contributed by atoms with Crippen molar-refractivity contribution in [3.8, 4) is 5.88 Å². The van der Waals surface area contributed by atoms with Gasteiger partial charge in [0.25, 0.3) is 0 Å². The average Bonchev–Trinajstić information content (AvgIpc) is 2.91. The fourth-order valence-corrected chi connectivity index (χ4v) is 2.94. The number of nitrogens with two attached hydrogens (primary N) is 1. The molecule has 2 aromatic heterocycles. The number of hydrogen-bond acceptors (Lipinski definition) is 7. The highest BCUT2D eigenvalue weighted by atomic mass is 35.5. The quantitative estimate of drug-likeness (QED) is 0.575. The zero-order valence-electron chi connectivity index (χ0n) is 10.5. The van der Waals surface area contributed by atoms with Crippen molar-refractivity contribution in [3.63, 3.8) is 0 Å². The first-order valence-corrected chi connectivity index (χ1v) is 6.77. The molecule has 3 atom stereocenters. The molecular weight excluding hydrogens is 323 g/mol. The van der Waals surface area contributed by atoms with Crippen LogP contribution < -0.4 is 5.73 Å². The van der Waals surface area contributed by atoms with Crippen molar-refractivity contribution in [2.75, 3.05) is 12.3 Å². The Morgan fingerprint density at radius 3 is 2.76 bits per heavy atom. The molecule has 3 rings (SSSR count). The van der Waals surface area contributed by atoms with Crippen molar-refractivity contribution < 1.29 is 20.1 Å². The van der Waals surface area contributed by atoms with Crippen LogP contribution in [0.2, 0.25) is 0 Å².